The molecule has 1 amide bonds. The Hall–Kier alpha value is -1.79. The number of methoxy groups -OCH3 is 1. The van der Waals surface area contributed by atoms with E-state index in [1.165, 1.54) is 11.3 Å². The lowest BCUT2D eigenvalue weighted by Crippen LogP contribution is -2.43. The van der Waals surface area contributed by atoms with Crippen LogP contribution in [0.4, 0.5) is 10.5 Å². The van der Waals surface area contributed by atoms with Crippen LogP contribution in [0.1, 0.15) is 32.8 Å². The normalized spacial score (nSPS) is 15.0. The molecule has 0 radical (unpaired) electrons. The first-order valence-corrected chi connectivity index (χ1v) is 9.41. The number of aryl methyl sites for hydroxylation is 1. The third-order valence-electron chi connectivity index (χ3n) is 4.26. The maximum atomic E-state index is 12.3. The van der Waals surface area contributed by atoms with Crippen LogP contribution in [-0.2, 0) is 15.9 Å². The van der Waals surface area contributed by atoms with Gasteiger partial charge in [0.15, 0.2) is 0 Å². The number of piperazine rings is 1. The van der Waals surface area contributed by atoms with E-state index in [1.54, 1.807) is 12.0 Å². The summed E-state index contributed by atoms with van der Waals surface area (Å²) in [4.78, 5) is 16.4. The number of amides is 1. The highest BCUT2D eigenvalue weighted by Gasteiger charge is 2.22. The Balaban J connectivity index is 1.93. The summed E-state index contributed by atoms with van der Waals surface area (Å²) in [5.41, 5.74) is 2.14. The molecule has 26 heavy (non-hydrogen) atoms. The van der Waals surface area contributed by atoms with Gasteiger partial charge < -0.3 is 19.7 Å². The first kappa shape index (κ1) is 20.5. The second-order valence-corrected chi connectivity index (χ2v) is 7.63. The zero-order valence-corrected chi connectivity index (χ0v) is 16.6. The number of carbonyl (C=O) groups excluding carboxylic acids is 1. The lowest BCUT2D eigenvalue weighted by atomic mass is 10.1. The summed E-state index contributed by atoms with van der Waals surface area (Å²) in [7, 11) is 1.59. The van der Waals surface area contributed by atoms with Crippen LogP contribution in [0.15, 0.2) is 24.3 Å². The average molecular weight is 364 g/mol. The van der Waals surface area contributed by atoms with E-state index in [1.807, 2.05) is 20.8 Å². The number of nitrogens with one attached hydrogen (secondary N) is 1. The Kier molecular flexibility index (Phi) is 7.72. The Labute approximate surface area is 157 Å². The highest BCUT2D eigenvalue weighted by atomic mass is 16.6. The number of anilines is 1. The van der Waals surface area contributed by atoms with Crippen molar-refractivity contribution >= 4 is 11.8 Å². The van der Waals surface area contributed by atoms with Gasteiger partial charge in [-0.2, -0.15) is 0 Å². The van der Waals surface area contributed by atoms with Gasteiger partial charge in [0, 0.05) is 45.5 Å². The summed E-state index contributed by atoms with van der Waals surface area (Å²) in [5, 5.41) is 3.39. The van der Waals surface area contributed by atoms with E-state index in [9.17, 15) is 4.79 Å². The topological polar surface area (TPSA) is 54.0 Å². The third-order valence-corrected chi connectivity index (χ3v) is 4.26. The first-order valence-electron chi connectivity index (χ1n) is 9.41. The lowest BCUT2D eigenvalue weighted by molar-refractivity contribution is -0.00309. The zero-order chi connectivity index (χ0) is 19.0. The van der Waals surface area contributed by atoms with Gasteiger partial charge in [-0.3, -0.25) is 4.90 Å². The van der Waals surface area contributed by atoms with Crippen LogP contribution >= 0.6 is 0 Å². The van der Waals surface area contributed by atoms with Gasteiger partial charge >= 0.3 is 6.09 Å². The number of hydrogen-bond donors (Lipinski definition) is 1. The molecule has 0 bridgehead atoms. The van der Waals surface area contributed by atoms with Crippen LogP contribution in [0, 0.1) is 0 Å². The van der Waals surface area contributed by atoms with E-state index in [0.717, 1.165) is 39.0 Å². The average Bonchev–Trinajstić information content (AvgIpc) is 2.60. The molecule has 0 aliphatic carbocycles. The number of benzene rings is 1. The maximum Gasteiger partial charge on any atom is 0.412 e. The van der Waals surface area contributed by atoms with Gasteiger partial charge in [-0.15, -0.1) is 0 Å². The summed E-state index contributed by atoms with van der Waals surface area (Å²) >= 11 is 0. The van der Waals surface area contributed by atoms with Gasteiger partial charge in [0.05, 0.1) is 0 Å². The summed E-state index contributed by atoms with van der Waals surface area (Å²) < 4.78 is 10.6. The fraction of sp³-hybridized carbons (Fsp3) is 0.650. The molecule has 1 aromatic rings. The van der Waals surface area contributed by atoms with Crippen LogP contribution in [0.25, 0.3) is 0 Å². The third kappa shape index (κ3) is 6.50. The quantitative estimate of drug-likeness (QED) is 0.755. The summed E-state index contributed by atoms with van der Waals surface area (Å²) in [6.07, 6.45) is 1.46. The largest absolute Gasteiger partial charge is 0.444 e. The molecular weight excluding hydrogens is 330 g/mol. The zero-order valence-electron chi connectivity index (χ0n) is 16.6. The van der Waals surface area contributed by atoms with Gasteiger partial charge in [0.1, 0.15) is 12.3 Å². The molecule has 1 aliphatic rings. The van der Waals surface area contributed by atoms with Gasteiger partial charge in [-0.25, -0.2) is 4.79 Å². The summed E-state index contributed by atoms with van der Waals surface area (Å²) in [6.45, 7) is 10.6. The van der Waals surface area contributed by atoms with Crippen LogP contribution < -0.4 is 10.2 Å². The number of nitrogens with zero attached hydrogens (tertiary/aromatic N) is 2. The van der Waals surface area contributed by atoms with Gasteiger partial charge in [0.2, 0.25) is 0 Å². The predicted octanol–water partition coefficient (Wildman–Crippen LogP) is 2.87. The number of carbonyl (C=O) groups is 1. The van der Waals surface area contributed by atoms with E-state index >= 15 is 0 Å². The van der Waals surface area contributed by atoms with Crippen molar-refractivity contribution in [3.05, 3.63) is 29.8 Å². The monoisotopic (exact) mass is 363 g/mol. The lowest BCUT2D eigenvalue weighted by Gasteiger charge is -2.31. The van der Waals surface area contributed by atoms with Crippen LogP contribution in [-0.4, -0.2) is 63.2 Å². The number of rotatable bonds is 7. The van der Waals surface area contributed by atoms with Crippen LogP contribution in [0.2, 0.25) is 0 Å². The Morgan fingerprint density at radius 3 is 2.58 bits per heavy atom. The summed E-state index contributed by atoms with van der Waals surface area (Å²) in [6, 6.07) is 8.56. The highest BCUT2D eigenvalue weighted by molar-refractivity contribution is 5.67. The van der Waals surface area contributed by atoms with Gasteiger partial charge in [-0.05, 0) is 45.2 Å². The molecule has 0 unspecified atom stereocenters. The summed E-state index contributed by atoms with van der Waals surface area (Å²) in [5.74, 6) is 0. The van der Waals surface area contributed by atoms with Gasteiger partial charge in [-0.1, -0.05) is 18.2 Å². The number of para-hydroxylation sites is 1. The minimum Gasteiger partial charge on any atom is -0.444 e. The second-order valence-electron chi connectivity index (χ2n) is 7.63. The first-order chi connectivity index (χ1) is 12.4. The second kappa shape index (κ2) is 9.78. The molecule has 1 N–H and O–H groups in total. The molecule has 6 nitrogen and oxygen atoms in total. The minimum atomic E-state index is -0.502. The van der Waals surface area contributed by atoms with Crippen molar-refractivity contribution < 1.29 is 14.3 Å². The van der Waals surface area contributed by atoms with Gasteiger partial charge in [0.25, 0.3) is 0 Å². The highest BCUT2D eigenvalue weighted by Crippen LogP contribution is 2.22. The fourth-order valence-corrected chi connectivity index (χ4v) is 3.09. The van der Waals surface area contributed by atoms with E-state index in [0.29, 0.717) is 6.54 Å². The molecule has 2 rings (SSSR count). The molecule has 1 aliphatic heterocycles. The fourth-order valence-electron chi connectivity index (χ4n) is 3.09. The molecule has 1 fully saturated rings. The Bertz CT molecular complexity index is 566. The minimum absolute atomic E-state index is 0.244. The molecule has 0 saturated carbocycles. The van der Waals surface area contributed by atoms with Crippen molar-refractivity contribution in [2.24, 2.45) is 0 Å². The molecular formula is C20H33N3O3. The standard InChI is InChI=1S/C20H33N3O3/c1-20(2,3)26-19(24)23(16-25-4)13-7-9-17-8-5-6-10-18(17)22-14-11-21-12-15-22/h5-6,8,10,21H,7,9,11-16H2,1-4H3. The Morgan fingerprint density at radius 2 is 1.92 bits per heavy atom. The molecule has 146 valence electrons. The van der Waals surface area contributed by atoms with Crippen molar-refractivity contribution in [3.63, 3.8) is 0 Å². The van der Waals surface area contributed by atoms with E-state index in [-0.39, 0.29) is 12.8 Å². The molecule has 0 spiro atoms. The predicted molar refractivity (Wildman–Crippen MR) is 105 cm³/mol. The number of ether oxygens (including phenoxy) is 2. The van der Waals surface area contributed by atoms with E-state index < -0.39 is 5.60 Å². The van der Waals surface area contributed by atoms with Crippen LogP contribution in [0.3, 0.4) is 0 Å². The van der Waals surface area contributed by atoms with Crippen molar-refractivity contribution in [3.8, 4) is 0 Å². The van der Waals surface area contributed by atoms with Crippen molar-refractivity contribution in [2.45, 2.75) is 39.2 Å². The smallest absolute Gasteiger partial charge is 0.412 e. The van der Waals surface area contributed by atoms with Crippen molar-refractivity contribution in [1.82, 2.24) is 10.2 Å². The van der Waals surface area contributed by atoms with E-state index in [2.05, 4.69) is 34.5 Å². The molecule has 6 heteroatoms. The maximum absolute atomic E-state index is 12.3. The molecule has 1 saturated heterocycles. The van der Waals surface area contributed by atoms with Crippen molar-refractivity contribution in [1.29, 1.82) is 0 Å². The molecule has 1 heterocycles. The van der Waals surface area contributed by atoms with Crippen LogP contribution in [0.5, 0.6) is 0 Å². The van der Waals surface area contributed by atoms with Crippen molar-refractivity contribution in [2.75, 3.05) is 51.5 Å². The number of hydrogen-bond acceptors (Lipinski definition) is 5. The SMILES string of the molecule is COCN(CCCc1ccccc1N1CCNCC1)C(=O)OC(C)(C)C. The molecule has 0 aromatic heterocycles. The van der Waals surface area contributed by atoms with E-state index in [4.69, 9.17) is 9.47 Å². The Morgan fingerprint density at radius 1 is 1.23 bits per heavy atom. The molecule has 0 atom stereocenters. The molecule has 1 aromatic carbocycles.